The van der Waals surface area contributed by atoms with Crippen molar-refractivity contribution in [3.8, 4) is 0 Å². The smallest absolute Gasteiger partial charge is 0.252 e. The molecule has 2 heterocycles. The van der Waals surface area contributed by atoms with Gasteiger partial charge in [-0.2, -0.15) is 0 Å². The van der Waals surface area contributed by atoms with Crippen LogP contribution in [-0.2, 0) is 15.0 Å². The van der Waals surface area contributed by atoms with Crippen LogP contribution in [0.3, 0.4) is 0 Å². The Morgan fingerprint density at radius 2 is 1.92 bits per heavy atom. The minimum atomic E-state index is -0.360. The van der Waals surface area contributed by atoms with E-state index in [1.807, 2.05) is 51.1 Å². The van der Waals surface area contributed by atoms with Crippen molar-refractivity contribution in [2.24, 2.45) is 0 Å². The van der Waals surface area contributed by atoms with Crippen LogP contribution in [0.1, 0.15) is 45.5 Å². The molecule has 2 N–H and O–H groups in total. The Kier molecular flexibility index (Phi) is 4.06. The topological polar surface area (TPSA) is 74.8 Å². The maximum atomic E-state index is 12.6. The standard InChI is InChI=1S/C20H21N3O2/c1-20(2,3)18-16(21-12-22-18)11-15-17(24)10-14(19(25)23-15)9-13-7-5-4-6-8-13/h4-9,11-12H,10H2,1-3H3,(H,21,22)(H,23,25)/b14-9-,15-11-/i11D. The van der Waals surface area contributed by atoms with E-state index in [1.54, 1.807) is 6.08 Å². The second-order valence-electron chi connectivity index (χ2n) is 7.01. The Morgan fingerprint density at radius 3 is 2.60 bits per heavy atom. The number of allylic oxidation sites excluding steroid dienone is 1. The van der Waals surface area contributed by atoms with Gasteiger partial charge in [-0.1, -0.05) is 51.1 Å². The van der Waals surface area contributed by atoms with Crippen LogP contribution in [0.15, 0.2) is 47.9 Å². The largest absolute Gasteiger partial charge is 0.348 e. The predicted molar refractivity (Wildman–Crippen MR) is 97.5 cm³/mol. The molecule has 1 aliphatic heterocycles. The predicted octanol–water partition coefficient (Wildman–Crippen LogP) is 3.22. The van der Waals surface area contributed by atoms with Gasteiger partial charge in [0.25, 0.3) is 5.91 Å². The third-order valence-electron chi connectivity index (χ3n) is 3.93. The molecule has 1 aromatic heterocycles. The van der Waals surface area contributed by atoms with Gasteiger partial charge >= 0.3 is 0 Å². The number of Topliss-reactive ketones (excluding diaryl/α,β-unsaturated/α-hetero) is 1. The first-order valence-corrected chi connectivity index (χ1v) is 8.12. The molecule has 1 saturated heterocycles. The lowest BCUT2D eigenvalue weighted by molar-refractivity contribution is -0.123. The van der Waals surface area contributed by atoms with Crippen LogP contribution in [0.2, 0.25) is 0 Å². The summed E-state index contributed by atoms with van der Waals surface area (Å²) in [4.78, 5) is 32.2. The molecule has 0 aliphatic carbocycles. The summed E-state index contributed by atoms with van der Waals surface area (Å²) in [6.45, 7) is 5.97. The number of nitrogens with zero attached hydrogens (tertiary/aromatic N) is 1. The fourth-order valence-electron chi connectivity index (χ4n) is 2.65. The number of aromatic nitrogens is 2. The molecule has 0 radical (unpaired) electrons. The van der Waals surface area contributed by atoms with E-state index in [9.17, 15) is 9.59 Å². The Morgan fingerprint density at radius 1 is 1.20 bits per heavy atom. The summed E-state index contributed by atoms with van der Waals surface area (Å²) < 4.78 is 8.39. The van der Waals surface area contributed by atoms with Crippen molar-refractivity contribution in [3.63, 3.8) is 0 Å². The van der Waals surface area contributed by atoms with Crippen LogP contribution in [0.4, 0.5) is 0 Å². The zero-order valence-electron chi connectivity index (χ0n) is 15.5. The molecule has 1 aromatic carbocycles. The Bertz CT molecular complexity index is 918. The first kappa shape index (κ1) is 15.6. The van der Waals surface area contributed by atoms with Crippen LogP contribution in [0, 0.1) is 0 Å². The second-order valence-corrected chi connectivity index (χ2v) is 7.01. The number of piperidine rings is 1. The molecule has 1 fully saturated rings. The molecule has 0 atom stereocenters. The van der Waals surface area contributed by atoms with E-state index in [0.29, 0.717) is 11.3 Å². The monoisotopic (exact) mass is 336 g/mol. The van der Waals surface area contributed by atoms with Crippen molar-refractivity contribution in [2.75, 3.05) is 0 Å². The van der Waals surface area contributed by atoms with Gasteiger partial charge in [-0.15, -0.1) is 0 Å². The van der Waals surface area contributed by atoms with Crippen molar-refractivity contribution >= 4 is 23.8 Å². The number of H-pyrrole nitrogens is 1. The average molecular weight is 336 g/mol. The van der Waals surface area contributed by atoms with Gasteiger partial charge in [0.15, 0.2) is 5.78 Å². The minimum Gasteiger partial charge on any atom is -0.348 e. The van der Waals surface area contributed by atoms with Crippen molar-refractivity contribution in [2.45, 2.75) is 32.6 Å². The van der Waals surface area contributed by atoms with Crippen LogP contribution in [-0.4, -0.2) is 21.7 Å². The van der Waals surface area contributed by atoms with Gasteiger partial charge in [-0.05, 0) is 17.7 Å². The van der Waals surface area contributed by atoms with Gasteiger partial charge in [0, 0.05) is 23.1 Å². The third kappa shape index (κ3) is 3.76. The van der Waals surface area contributed by atoms with Gasteiger partial charge in [0.1, 0.15) is 0 Å². The van der Waals surface area contributed by atoms with Gasteiger partial charge in [0.2, 0.25) is 0 Å². The van der Waals surface area contributed by atoms with Gasteiger partial charge < -0.3 is 10.3 Å². The summed E-state index contributed by atoms with van der Waals surface area (Å²) >= 11 is 0. The maximum absolute atomic E-state index is 12.6. The summed E-state index contributed by atoms with van der Waals surface area (Å²) in [5, 5.41) is 2.58. The second kappa shape index (κ2) is 6.51. The molecular formula is C20H21N3O2. The number of rotatable bonds is 2. The van der Waals surface area contributed by atoms with Crippen LogP contribution >= 0.6 is 0 Å². The van der Waals surface area contributed by atoms with Crippen LogP contribution in [0.5, 0.6) is 0 Å². The molecule has 1 amide bonds. The third-order valence-corrected chi connectivity index (χ3v) is 3.93. The number of hydrogen-bond donors (Lipinski definition) is 2. The van der Waals surface area contributed by atoms with Crippen molar-refractivity contribution in [1.29, 1.82) is 0 Å². The SMILES string of the molecule is [2H]/C(=C1/NC(=O)/C(=C\c2ccccc2)CC1=O)c1nc[nH]c1C(C)(C)C. The Labute approximate surface area is 148 Å². The van der Waals surface area contributed by atoms with E-state index >= 15 is 0 Å². The number of amides is 1. The Hall–Kier alpha value is -2.95. The van der Waals surface area contributed by atoms with Crippen LogP contribution < -0.4 is 5.32 Å². The number of ketones is 1. The van der Waals surface area contributed by atoms with E-state index in [4.69, 9.17) is 1.37 Å². The maximum Gasteiger partial charge on any atom is 0.252 e. The van der Waals surface area contributed by atoms with E-state index in [2.05, 4.69) is 15.3 Å². The van der Waals surface area contributed by atoms with E-state index in [0.717, 1.165) is 11.3 Å². The molecule has 0 spiro atoms. The molecule has 0 unspecified atom stereocenters. The molecule has 3 rings (SSSR count). The lowest BCUT2D eigenvalue weighted by Crippen LogP contribution is -2.35. The average Bonchev–Trinajstić information content (AvgIpc) is 3.08. The van der Waals surface area contributed by atoms with Gasteiger partial charge in [-0.3, -0.25) is 9.59 Å². The normalized spacial score (nSPS) is 19.6. The number of aromatic amines is 1. The van der Waals surface area contributed by atoms with E-state index in [-0.39, 0.29) is 35.3 Å². The van der Waals surface area contributed by atoms with Crippen molar-refractivity contribution in [1.82, 2.24) is 15.3 Å². The number of carbonyl (C=O) groups excluding carboxylic acids is 2. The fourth-order valence-corrected chi connectivity index (χ4v) is 2.65. The zero-order valence-corrected chi connectivity index (χ0v) is 14.5. The number of hydrogen-bond acceptors (Lipinski definition) is 3. The highest BCUT2D eigenvalue weighted by Crippen LogP contribution is 2.25. The van der Waals surface area contributed by atoms with Gasteiger partial charge in [0.05, 0.1) is 19.1 Å². The first-order chi connectivity index (χ1) is 12.3. The molecule has 0 saturated carbocycles. The fraction of sp³-hybridized carbons (Fsp3) is 0.250. The van der Waals surface area contributed by atoms with E-state index < -0.39 is 0 Å². The van der Waals surface area contributed by atoms with Crippen molar-refractivity contribution in [3.05, 3.63) is 64.9 Å². The summed E-state index contributed by atoms with van der Waals surface area (Å²) in [7, 11) is 0. The number of carbonyl (C=O) groups is 2. The van der Waals surface area contributed by atoms with E-state index in [1.165, 1.54) is 6.33 Å². The summed E-state index contributed by atoms with van der Waals surface area (Å²) in [6.07, 6.45) is 3.16. The quantitative estimate of drug-likeness (QED) is 0.827. The lowest BCUT2D eigenvalue weighted by atomic mass is 9.90. The molecule has 5 nitrogen and oxygen atoms in total. The van der Waals surface area contributed by atoms with Gasteiger partial charge in [-0.25, -0.2) is 4.98 Å². The molecule has 1 aliphatic rings. The summed E-state index contributed by atoms with van der Waals surface area (Å²) in [5.74, 6) is -0.652. The van der Waals surface area contributed by atoms with Crippen LogP contribution in [0.25, 0.3) is 12.1 Å². The zero-order chi connectivity index (χ0) is 18.9. The molecule has 128 valence electrons. The summed E-state index contributed by atoms with van der Waals surface area (Å²) in [6, 6.07) is 9.30. The lowest BCUT2D eigenvalue weighted by Gasteiger charge is -2.19. The molecular weight excluding hydrogens is 314 g/mol. The molecule has 25 heavy (non-hydrogen) atoms. The first-order valence-electron chi connectivity index (χ1n) is 8.62. The highest BCUT2D eigenvalue weighted by molar-refractivity contribution is 6.15. The number of nitrogens with one attached hydrogen (secondary N) is 2. The highest BCUT2D eigenvalue weighted by atomic mass is 16.2. The molecule has 5 heteroatoms. The summed E-state index contributed by atoms with van der Waals surface area (Å²) in [5.41, 5.74) is 2.11. The molecule has 0 bridgehead atoms. The number of imidazole rings is 1. The Balaban J connectivity index is 1.94. The minimum absolute atomic E-state index is 0.00203. The molecule has 2 aromatic rings. The highest BCUT2D eigenvalue weighted by Gasteiger charge is 2.27. The van der Waals surface area contributed by atoms with Crippen molar-refractivity contribution < 1.29 is 11.0 Å². The number of benzene rings is 1.